The Morgan fingerprint density at radius 2 is 2.31 bits per heavy atom. The fraction of sp³-hybridized carbons (Fsp3) is 0.818. The van der Waals surface area contributed by atoms with Gasteiger partial charge in [0.25, 0.3) is 0 Å². The molecule has 1 aliphatic rings. The molecule has 0 spiro atoms. The first kappa shape index (κ1) is 10.7. The minimum absolute atomic E-state index is 0.806. The second kappa shape index (κ2) is 6.17. The molecule has 1 N–H and O–H groups in total. The van der Waals surface area contributed by atoms with Gasteiger partial charge in [0.15, 0.2) is 0 Å². The molecule has 0 saturated heterocycles. The summed E-state index contributed by atoms with van der Waals surface area (Å²) in [6, 6.07) is 0. The van der Waals surface area contributed by atoms with Crippen molar-refractivity contribution in [2.24, 2.45) is 5.92 Å². The lowest BCUT2D eigenvalue weighted by Gasteiger charge is -2.06. The second-order valence-corrected chi connectivity index (χ2v) is 3.69. The molecule has 0 amide bonds. The molecule has 0 aromatic carbocycles. The van der Waals surface area contributed by atoms with Crippen molar-refractivity contribution in [3.63, 3.8) is 0 Å². The fourth-order valence-corrected chi connectivity index (χ4v) is 1.32. The van der Waals surface area contributed by atoms with Crippen molar-refractivity contribution in [3.05, 3.63) is 11.6 Å². The van der Waals surface area contributed by atoms with Gasteiger partial charge in [-0.3, -0.25) is 0 Å². The summed E-state index contributed by atoms with van der Waals surface area (Å²) in [4.78, 5) is 0. The highest BCUT2D eigenvalue weighted by Crippen LogP contribution is 2.31. The highest BCUT2D eigenvalue weighted by molar-refractivity contribution is 5.09. The van der Waals surface area contributed by atoms with Crippen LogP contribution in [0.25, 0.3) is 0 Å². The summed E-state index contributed by atoms with van der Waals surface area (Å²) >= 11 is 0. The van der Waals surface area contributed by atoms with E-state index < -0.39 is 0 Å². The predicted molar refractivity (Wildman–Crippen MR) is 55.8 cm³/mol. The van der Waals surface area contributed by atoms with Gasteiger partial charge in [0.05, 0.1) is 6.61 Å². The van der Waals surface area contributed by atoms with Crippen LogP contribution in [-0.4, -0.2) is 26.8 Å². The van der Waals surface area contributed by atoms with Crippen molar-refractivity contribution in [2.45, 2.75) is 26.2 Å². The maximum absolute atomic E-state index is 4.97. The molecule has 0 aromatic rings. The summed E-state index contributed by atoms with van der Waals surface area (Å²) in [6.45, 7) is 5.03. The lowest BCUT2D eigenvalue weighted by atomic mass is 10.1. The largest absolute Gasteiger partial charge is 0.383 e. The lowest BCUT2D eigenvalue weighted by molar-refractivity contribution is 0.200. The van der Waals surface area contributed by atoms with E-state index in [4.69, 9.17) is 4.74 Å². The first-order chi connectivity index (χ1) is 6.36. The van der Waals surface area contributed by atoms with E-state index in [1.165, 1.54) is 19.3 Å². The summed E-state index contributed by atoms with van der Waals surface area (Å²) < 4.78 is 4.97. The molecule has 1 aliphatic carbocycles. The predicted octanol–water partition coefficient (Wildman–Crippen LogP) is 1.97. The number of ether oxygens (including phenoxy) is 1. The number of methoxy groups -OCH3 is 1. The van der Waals surface area contributed by atoms with E-state index in [1.54, 1.807) is 12.7 Å². The van der Waals surface area contributed by atoms with Gasteiger partial charge in [-0.1, -0.05) is 18.6 Å². The van der Waals surface area contributed by atoms with Gasteiger partial charge in [-0.05, 0) is 25.2 Å². The Bertz CT molecular complexity index is 161. The maximum atomic E-state index is 4.97. The first-order valence-electron chi connectivity index (χ1n) is 5.26. The molecular weight excluding hydrogens is 162 g/mol. The van der Waals surface area contributed by atoms with Gasteiger partial charge in [-0.25, -0.2) is 0 Å². The molecule has 1 saturated carbocycles. The molecule has 0 unspecified atom stereocenters. The van der Waals surface area contributed by atoms with E-state index in [9.17, 15) is 0 Å². The van der Waals surface area contributed by atoms with Gasteiger partial charge < -0.3 is 10.1 Å². The van der Waals surface area contributed by atoms with E-state index in [2.05, 4.69) is 18.3 Å². The highest BCUT2D eigenvalue weighted by atomic mass is 16.5. The Labute approximate surface area is 81.4 Å². The Morgan fingerprint density at radius 3 is 2.85 bits per heavy atom. The molecule has 1 fully saturated rings. The van der Waals surface area contributed by atoms with Gasteiger partial charge >= 0.3 is 0 Å². The van der Waals surface area contributed by atoms with Crippen LogP contribution < -0.4 is 5.32 Å². The molecule has 0 aromatic heterocycles. The van der Waals surface area contributed by atoms with Crippen LogP contribution in [-0.2, 0) is 4.74 Å². The molecule has 0 atom stereocenters. The van der Waals surface area contributed by atoms with Gasteiger partial charge in [0, 0.05) is 20.2 Å². The molecule has 0 heterocycles. The Balaban J connectivity index is 2.08. The van der Waals surface area contributed by atoms with Crippen molar-refractivity contribution in [3.8, 4) is 0 Å². The zero-order valence-electron chi connectivity index (χ0n) is 8.81. The smallest absolute Gasteiger partial charge is 0.0587 e. The normalized spacial score (nSPS) is 17.8. The van der Waals surface area contributed by atoms with Crippen LogP contribution >= 0.6 is 0 Å². The second-order valence-electron chi connectivity index (χ2n) is 3.69. The van der Waals surface area contributed by atoms with Gasteiger partial charge in [-0.15, -0.1) is 0 Å². The molecule has 0 bridgehead atoms. The Morgan fingerprint density at radius 1 is 1.54 bits per heavy atom. The molecule has 0 aliphatic heterocycles. The van der Waals surface area contributed by atoms with Crippen molar-refractivity contribution in [1.82, 2.24) is 5.32 Å². The molecule has 2 nitrogen and oxygen atoms in total. The molecular formula is C11H21NO. The fourth-order valence-electron chi connectivity index (χ4n) is 1.32. The topological polar surface area (TPSA) is 21.3 Å². The van der Waals surface area contributed by atoms with Crippen LogP contribution in [0.3, 0.4) is 0 Å². The minimum atomic E-state index is 0.806. The monoisotopic (exact) mass is 183 g/mol. The summed E-state index contributed by atoms with van der Waals surface area (Å²) in [6.07, 6.45) is 6.43. The summed E-state index contributed by atoms with van der Waals surface area (Å²) in [5.41, 5.74) is 1.55. The van der Waals surface area contributed by atoms with Crippen molar-refractivity contribution < 1.29 is 4.74 Å². The third-order valence-electron chi connectivity index (χ3n) is 2.38. The summed E-state index contributed by atoms with van der Waals surface area (Å²) in [5.74, 6) is 0.902. The van der Waals surface area contributed by atoms with E-state index in [-0.39, 0.29) is 0 Å². The van der Waals surface area contributed by atoms with Gasteiger partial charge in [0.2, 0.25) is 0 Å². The van der Waals surface area contributed by atoms with E-state index >= 15 is 0 Å². The zero-order chi connectivity index (χ0) is 9.52. The average molecular weight is 183 g/mol. The van der Waals surface area contributed by atoms with Crippen LogP contribution in [0.4, 0.5) is 0 Å². The molecule has 76 valence electrons. The highest BCUT2D eigenvalue weighted by Gasteiger charge is 2.18. The average Bonchev–Trinajstić information content (AvgIpc) is 2.94. The van der Waals surface area contributed by atoms with Crippen LogP contribution in [0, 0.1) is 5.92 Å². The quantitative estimate of drug-likeness (QED) is 0.481. The van der Waals surface area contributed by atoms with Crippen molar-refractivity contribution in [1.29, 1.82) is 0 Å². The number of hydrogen-bond acceptors (Lipinski definition) is 2. The van der Waals surface area contributed by atoms with Gasteiger partial charge in [-0.2, -0.15) is 0 Å². The number of nitrogens with one attached hydrogen (secondary N) is 1. The minimum Gasteiger partial charge on any atom is -0.383 e. The van der Waals surface area contributed by atoms with E-state index in [1.807, 2.05) is 0 Å². The van der Waals surface area contributed by atoms with E-state index in [0.717, 1.165) is 25.6 Å². The SMILES string of the molecule is CCC(=CC1CC1)CNCCOC. The summed E-state index contributed by atoms with van der Waals surface area (Å²) in [5, 5.41) is 3.38. The van der Waals surface area contributed by atoms with Gasteiger partial charge in [0.1, 0.15) is 0 Å². The van der Waals surface area contributed by atoms with Crippen LogP contribution in [0.5, 0.6) is 0 Å². The van der Waals surface area contributed by atoms with Crippen LogP contribution in [0.1, 0.15) is 26.2 Å². The molecule has 2 heteroatoms. The first-order valence-corrected chi connectivity index (χ1v) is 5.26. The van der Waals surface area contributed by atoms with Crippen LogP contribution in [0.15, 0.2) is 11.6 Å². The molecule has 13 heavy (non-hydrogen) atoms. The van der Waals surface area contributed by atoms with E-state index in [0.29, 0.717) is 0 Å². The Kier molecular flexibility index (Phi) is 5.09. The number of hydrogen-bond donors (Lipinski definition) is 1. The third-order valence-corrected chi connectivity index (χ3v) is 2.38. The van der Waals surface area contributed by atoms with Crippen molar-refractivity contribution >= 4 is 0 Å². The summed E-state index contributed by atoms with van der Waals surface area (Å²) in [7, 11) is 1.74. The zero-order valence-corrected chi connectivity index (χ0v) is 8.81. The maximum Gasteiger partial charge on any atom is 0.0587 e. The van der Waals surface area contributed by atoms with Crippen molar-refractivity contribution in [2.75, 3.05) is 26.8 Å². The molecule has 0 radical (unpaired) electrons. The molecule has 1 rings (SSSR count). The number of rotatable bonds is 7. The standard InChI is InChI=1S/C11H21NO/c1-3-10(8-11-4-5-11)9-12-6-7-13-2/h8,11-12H,3-7,9H2,1-2H3. The Hall–Kier alpha value is -0.340. The third kappa shape index (κ3) is 5.06. The lowest BCUT2D eigenvalue weighted by Crippen LogP contribution is -2.21. The van der Waals surface area contributed by atoms with Crippen LogP contribution in [0.2, 0.25) is 0 Å². The number of allylic oxidation sites excluding steroid dienone is 1.